The van der Waals surface area contributed by atoms with E-state index >= 15 is 0 Å². The van der Waals surface area contributed by atoms with Crippen LogP contribution in [0.1, 0.15) is 95.9 Å². The van der Waals surface area contributed by atoms with Gasteiger partial charge >= 0.3 is 0 Å². The van der Waals surface area contributed by atoms with Crippen LogP contribution in [-0.4, -0.2) is 150 Å². The molecule has 5 heterocycles. The Morgan fingerprint density at radius 2 is 0.268 bits per heavy atom. The number of nitrogens with one attached hydrogen (secondary N) is 16. The highest BCUT2D eigenvalue weighted by atomic mass is 15.4. The van der Waals surface area contributed by atoms with Gasteiger partial charge in [-0.05, 0) is 247 Å². The maximum absolute atomic E-state index is 4.65. The third-order valence-electron chi connectivity index (χ3n) is 28.0. The van der Waals surface area contributed by atoms with Crippen LogP contribution < -0.4 is 85.1 Å². The van der Waals surface area contributed by atoms with Gasteiger partial charge in [0.2, 0.25) is 0 Å². The second kappa shape index (κ2) is 38.7. The number of hydrogen-bond donors (Lipinski definition) is 16. The van der Waals surface area contributed by atoms with Crippen molar-refractivity contribution in [3.05, 3.63) is 287 Å². The van der Waals surface area contributed by atoms with Crippen LogP contribution in [0.5, 0.6) is 0 Å². The Morgan fingerprint density at radius 1 is 0.161 bits per heavy atom. The van der Waals surface area contributed by atoms with Crippen molar-refractivity contribution in [2.24, 2.45) is 47.3 Å². The molecular weight excluding hydrogens is 1380 g/mol. The largest absolute Gasteiger partial charge is 0.312 e. The van der Waals surface area contributed by atoms with E-state index < -0.39 is 0 Å². The van der Waals surface area contributed by atoms with Crippen LogP contribution >= 0.6 is 0 Å². The summed E-state index contributed by atoms with van der Waals surface area (Å²) in [5.41, 5.74) is 11.1. The molecule has 8 aromatic carbocycles. The summed E-state index contributed by atoms with van der Waals surface area (Å²) >= 11 is 0. The average molecular weight is 1510 g/mol. The van der Waals surface area contributed by atoms with Crippen molar-refractivity contribution in [3.63, 3.8) is 0 Å². The molecule has 112 heavy (non-hydrogen) atoms. The third kappa shape index (κ3) is 19.8. The summed E-state index contributed by atoms with van der Waals surface area (Å²) in [4.78, 5) is 0. The first-order valence-electron chi connectivity index (χ1n) is 43.7. The Kier molecular flexibility index (Phi) is 26.8. The lowest BCUT2D eigenvalue weighted by Gasteiger charge is -2.44. The molecule has 4 saturated carbocycles. The fourth-order valence-corrected chi connectivity index (χ4v) is 22.2. The summed E-state index contributed by atoms with van der Waals surface area (Å²) in [6.45, 7) is 7.53. The van der Waals surface area contributed by atoms with Crippen LogP contribution in [0, 0.1) is 47.3 Å². The minimum absolute atomic E-state index is 0.0658. The molecule has 0 radical (unpaired) electrons. The monoisotopic (exact) mass is 1510 g/mol. The molecule has 16 atom stereocenters. The normalized spacial score (nSPS) is 33.3. The quantitative estimate of drug-likeness (QED) is 0.0191. The number of hydrogen-bond acceptors (Lipinski definition) is 16. The van der Waals surface area contributed by atoms with Crippen LogP contribution in [0.2, 0.25) is 0 Å². The Hall–Kier alpha value is -6.88. The van der Waals surface area contributed by atoms with Gasteiger partial charge in [-0.3, -0.25) is 42.5 Å². The Bertz CT molecular complexity index is 3270. The first kappa shape index (κ1) is 77.7. The minimum atomic E-state index is 0.0658. The van der Waals surface area contributed by atoms with Crippen molar-refractivity contribution >= 4 is 0 Å². The Balaban J connectivity index is 0.725. The summed E-state index contributed by atoms with van der Waals surface area (Å²) in [7, 11) is 0. The Morgan fingerprint density at radius 3 is 0.375 bits per heavy atom. The number of rotatable bonds is 32. The van der Waals surface area contributed by atoms with Gasteiger partial charge in [-0.1, -0.05) is 243 Å². The van der Waals surface area contributed by atoms with Crippen molar-refractivity contribution in [2.75, 3.05) is 52.4 Å². The van der Waals surface area contributed by atoms with E-state index in [0.717, 1.165) is 155 Å². The van der Waals surface area contributed by atoms with Crippen LogP contribution in [-0.2, 0) is 51.4 Å². The summed E-state index contributed by atoms with van der Waals surface area (Å²) in [6, 6.07) is 91.5. The molecule has 5 saturated heterocycles. The molecule has 4 aliphatic carbocycles. The second-order valence-corrected chi connectivity index (χ2v) is 34.7. The van der Waals surface area contributed by atoms with Gasteiger partial charge in [-0.15, -0.1) is 0 Å². The summed E-state index contributed by atoms with van der Waals surface area (Å²) in [6.07, 6.45) is 17.1. The molecule has 17 rings (SSSR count). The van der Waals surface area contributed by atoms with Gasteiger partial charge in [0, 0.05) is 48.3 Å². The average Bonchev–Trinajstić information content (AvgIpc) is 1.59. The van der Waals surface area contributed by atoms with Gasteiger partial charge in [0.15, 0.2) is 0 Å². The van der Waals surface area contributed by atoms with E-state index in [1.165, 1.54) is 44.5 Å². The lowest BCUT2D eigenvalue weighted by molar-refractivity contribution is 0.110. The van der Waals surface area contributed by atoms with E-state index in [-0.39, 0.29) is 49.3 Å². The van der Waals surface area contributed by atoms with Gasteiger partial charge in [0.25, 0.3) is 0 Å². The van der Waals surface area contributed by atoms with Crippen LogP contribution in [0.3, 0.4) is 0 Å². The fraction of sp³-hybridized carbons (Fsp3) is 0.500. The minimum Gasteiger partial charge on any atom is -0.312 e. The fourth-order valence-electron chi connectivity index (χ4n) is 22.2. The van der Waals surface area contributed by atoms with E-state index in [2.05, 4.69) is 328 Å². The van der Waals surface area contributed by atoms with E-state index in [9.17, 15) is 0 Å². The molecule has 16 nitrogen and oxygen atoms in total. The van der Waals surface area contributed by atoms with Gasteiger partial charge in [0.1, 0.15) is 0 Å². The SMILES string of the molecule is c1ccc(CCNC2CC3C4NC(NC5NC(NC6NC(NC7NC(N4)C4CC(NCCc8ccccc8)C(NCCc8ccccc8)CC74)C4CC(NCCc7ccccc7)C(NCCc7ccccc7)CC64)C4CC(NCCc6ccccc6)C(NCCc6ccccc6)CC54)C3CC2NCCc2ccccc2)cc1. The highest BCUT2D eigenvalue weighted by Crippen LogP contribution is 2.47. The van der Waals surface area contributed by atoms with E-state index in [0.29, 0.717) is 95.7 Å². The standard InChI is InChI=1S/C96H128N16/c1-9-25-65(26-10-1)41-49-97-81-57-73-74(58-82(81)98-50-42-66-27-11-2-12-28-66)90-105-89(73)109-91-75-59-83(99-51-43-67-29-13-3-14-30-67)84(100-52-44-68-31-15-4-16-32-68)60-76(75)93(106-91)111-95-79-63-87(103-55-47-71-37-21-7-22-38-71)88(104-56-48-72-39-23-8-24-40-72)64-80(79)96(108-95)112-94-78-62-86(102-54-46-70-35-19-6-20-36-70)85(61-77(78)92(107-94)110-90)101-53-45-69-33-17-5-18-34-69/h1-40,73-112H,41-64H2. The number of benzene rings is 8. The molecule has 16 unspecified atom stereocenters. The maximum Gasteiger partial charge on any atom is 0.0629 e. The summed E-state index contributed by atoms with van der Waals surface area (Å²) < 4.78 is 0. The molecular formula is C96H128N16. The first-order valence-corrected chi connectivity index (χ1v) is 43.7. The third-order valence-corrected chi connectivity index (χ3v) is 28.0. The van der Waals surface area contributed by atoms with Crippen LogP contribution in [0.25, 0.3) is 0 Å². The Labute approximate surface area is 668 Å². The van der Waals surface area contributed by atoms with Gasteiger partial charge < -0.3 is 42.5 Å². The first-order chi connectivity index (χ1) is 55.5. The lowest BCUT2D eigenvalue weighted by Crippen LogP contribution is -2.61. The van der Waals surface area contributed by atoms with Crippen molar-refractivity contribution < 1.29 is 0 Å². The molecule has 16 heteroatoms. The summed E-state index contributed by atoms with van der Waals surface area (Å²) in [5.74, 6) is 2.90. The molecule has 8 aromatic rings. The molecule has 8 bridgehead atoms. The topological polar surface area (TPSA) is 192 Å². The van der Waals surface area contributed by atoms with Crippen molar-refractivity contribution in [1.29, 1.82) is 0 Å². The molecule has 5 aliphatic heterocycles. The molecule has 9 fully saturated rings. The van der Waals surface area contributed by atoms with Gasteiger partial charge in [-0.25, -0.2) is 0 Å². The summed E-state index contributed by atoms with van der Waals surface area (Å²) in [5, 5.41) is 71.2. The van der Waals surface area contributed by atoms with Gasteiger partial charge in [-0.2, -0.15) is 0 Å². The molecule has 9 aliphatic rings. The zero-order chi connectivity index (χ0) is 75.0. The maximum atomic E-state index is 4.65. The molecule has 0 aromatic heterocycles. The lowest BCUT2D eigenvalue weighted by atomic mass is 9.71. The predicted molar refractivity (Wildman–Crippen MR) is 456 cm³/mol. The van der Waals surface area contributed by atoms with E-state index in [4.69, 9.17) is 0 Å². The van der Waals surface area contributed by atoms with E-state index in [1.54, 1.807) is 0 Å². The van der Waals surface area contributed by atoms with E-state index in [1.807, 2.05) is 0 Å². The molecule has 16 N–H and O–H groups in total. The smallest absolute Gasteiger partial charge is 0.0629 e. The molecule has 592 valence electrons. The highest BCUT2D eigenvalue weighted by Gasteiger charge is 2.59. The molecule has 0 amide bonds. The zero-order valence-corrected chi connectivity index (χ0v) is 65.9. The second-order valence-electron chi connectivity index (χ2n) is 34.7. The highest BCUT2D eigenvalue weighted by molar-refractivity contribution is 5.24. The zero-order valence-electron chi connectivity index (χ0n) is 65.9. The van der Waals surface area contributed by atoms with Crippen molar-refractivity contribution in [1.82, 2.24) is 85.1 Å². The van der Waals surface area contributed by atoms with Crippen LogP contribution in [0.15, 0.2) is 243 Å². The van der Waals surface area contributed by atoms with Crippen molar-refractivity contribution in [3.8, 4) is 0 Å². The van der Waals surface area contributed by atoms with Crippen molar-refractivity contribution in [2.45, 2.75) is 200 Å². The number of fused-ring (bicyclic) bond motifs is 20. The molecule has 0 spiro atoms. The van der Waals surface area contributed by atoms with Crippen LogP contribution in [0.4, 0.5) is 0 Å². The predicted octanol–water partition coefficient (Wildman–Crippen LogP) is 9.09. The van der Waals surface area contributed by atoms with Gasteiger partial charge in [0.05, 0.1) is 49.3 Å².